The zero-order chi connectivity index (χ0) is 17.6. The number of halogens is 2. The van der Waals surface area contributed by atoms with Gasteiger partial charge in [0.15, 0.2) is 0 Å². The van der Waals surface area contributed by atoms with Crippen molar-refractivity contribution in [3.63, 3.8) is 0 Å². The Hall–Kier alpha value is -1.89. The molecule has 1 fully saturated rings. The fourth-order valence-electron chi connectivity index (χ4n) is 3.17. The average Bonchev–Trinajstić information content (AvgIpc) is 3.01. The summed E-state index contributed by atoms with van der Waals surface area (Å²) < 4.78 is 13.3. The predicted octanol–water partition coefficient (Wildman–Crippen LogP) is 4.01. The van der Waals surface area contributed by atoms with Crippen LogP contribution < -0.4 is 0 Å². The van der Waals surface area contributed by atoms with Gasteiger partial charge in [0.05, 0.1) is 42.6 Å². The molecular weight excluding hydrogens is 408 g/mol. The molecule has 7 heteroatoms. The van der Waals surface area contributed by atoms with Gasteiger partial charge in [-0.25, -0.2) is 9.48 Å². The second-order valence-electron chi connectivity index (χ2n) is 5.94. The number of rotatable bonds is 3. The highest BCUT2D eigenvalue weighted by Gasteiger charge is 2.44. The van der Waals surface area contributed by atoms with Gasteiger partial charge in [-0.1, -0.05) is 39.7 Å². The molecule has 2 heterocycles. The first-order chi connectivity index (χ1) is 12.1. The molecule has 3 aromatic rings. The highest BCUT2D eigenvalue weighted by molar-refractivity contribution is 9.10. The van der Waals surface area contributed by atoms with Crippen molar-refractivity contribution in [1.82, 2.24) is 9.78 Å². The Morgan fingerprint density at radius 1 is 1.28 bits per heavy atom. The molecule has 128 valence electrons. The molecule has 25 heavy (non-hydrogen) atoms. The number of methoxy groups -OCH3 is 1. The maximum absolute atomic E-state index is 12.3. The Balaban J connectivity index is 1.98. The fraction of sp³-hybridized carbons (Fsp3) is 0.222. The summed E-state index contributed by atoms with van der Waals surface area (Å²) in [5.74, 6) is -0.422. The number of aromatic nitrogens is 2. The Labute approximate surface area is 157 Å². The van der Waals surface area contributed by atoms with Crippen LogP contribution in [0.25, 0.3) is 10.9 Å². The van der Waals surface area contributed by atoms with E-state index in [1.165, 1.54) is 7.11 Å². The van der Waals surface area contributed by atoms with Crippen molar-refractivity contribution >= 4 is 44.4 Å². The summed E-state index contributed by atoms with van der Waals surface area (Å²) in [4.78, 5) is 12.3. The highest BCUT2D eigenvalue weighted by atomic mass is 79.9. The number of hydrogen-bond acceptors (Lipinski definition) is 4. The number of benzene rings is 2. The van der Waals surface area contributed by atoms with Crippen molar-refractivity contribution in [2.24, 2.45) is 0 Å². The lowest BCUT2D eigenvalue weighted by molar-refractivity contribution is -0.0800. The van der Waals surface area contributed by atoms with Gasteiger partial charge in [0.25, 0.3) is 0 Å². The quantitative estimate of drug-likeness (QED) is 0.600. The van der Waals surface area contributed by atoms with Crippen LogP contribution in [-0.4, -0.2) is 36.1 Å². The summed E-state index contributed by atoms with van der Waals surface area (Å²) in [6.07, 6.45) is 1.68. The standard InChI is InChI=1S/C18H14BrClN2O3/c1-24-17(23)13-6-7-15(20)14-8-21-22(16(13)14)18(9-25-10-18)11-2-4-12(19)5-3-11/h2-8H,9-10H2,1H3. The topological polar surface area (TPSA) is 53.3 Å². The highest BCUT2D eigenvalue weighted by Crippen LogP contribution is 2.39. The molecule has 4 rings (SSSR count). The van der Waals surface area contributed by atoms with Crippen molar-refractivity contribution in [1.29, 1.82) is 0 Å². The molecule has 0 radical (unpaired) electrons. The Bertz CT molecular complexity index is 964. The maximum atomic E-state index is 12.3. The first kappa shape index (κ1) is 16.6. The summed E-state index contributed by atoms with van der Waals surface area (Å²) >= 11 is 9.78. The van der Waals surface area contributed by atoms with E-state index in [-0.39, 0.29) is 0 Å². The van der Waals surface area contributed by atoms with Gasteiger partial charge in [0, 0.05) is 9.86 Å². The van der Waals surface area contributed by atoms with Gasteiger partial charge >= 0.3 is 5.97 Å². The van der Waals surface area contributed by atoms with Crippen LogP contribution in [0.2, 0.25) is 5.02 Å². The minimum absolute atomic E-state index is 0.422. The zero-order valence-electron chi connectivity index (χ0n) is 13.3. The van der Waals surface area contributed by atoms with Crippen molar-refractivity contribution < 1.29 is 14.3 Å². The Kier molecular flexibility index (Phi) is 4.06. The summed E-state index contributed by atoms with van der Waals surface area (Å²) in [6.45, 7) is 0.942. The molecule has 0 aliphatic carbocycles. The summed E-state index contributed by atoms with van der Waals surface area (Å²) in [5.41, 5.74) is 1.67. The molecule has 1 aliphatic heterocycles. The van der Waals surface area contributed by atoms with Crippen molar-refractivity contribution in [3.8, 4) is 0 Å². The fourth-order valence-corrected chi connectivity index (χ4v) is 3.64. The number of carbonyl (C=O) groups excluding carboxylic acids is 1. The van der Waals surface area contributed by atoms with Gasteiger partial charge < -0.3 is 9.47 Å². The molecule has 0 N–H and O–H groups in total. The van der Waals surface area contributed by atoms with Gasteiger partial charge in [-0.2, -0.15) is 5.10 Å². The molecule has 0 atom stereocenters. The van der Waals surface area contributed by atoms with Crippen LogP contribution in [0.3, 0.4) is 0 Å². The number of ether oxygens (including phenoxy) is 2. The molecule has 1 aliphatic rings. The summed E-state index contributed by atoms with van der Waals surface area (Å²) in [5, 5.41) is 5.82. The van der Waals surface area contributed by atoms with Crippen LogP contribution in [0.1, 0.15) is 15.9 Å². The van der Waals surface area contributed by atoms with Gasteiger partial charge in [-0.3, -0.25) is 0 Å². The molecule has 0 bridgehead atoms. The first-order valence-corrected chi connectivity index (χ1v) is 8.83. The van der Waals surface area contributed by atoms with Crippen LogP contribution in [0, 0.1) is 0 Å². The molecule has 0 unspecified atom stereocenters. The third kappa shape index (κ3) is 2.47. The van der Waals surface area contributed by atoms with Gasteiger partial charge in [0.1, 0.15) is 5.54 Å². The molecule has 1 saturated heterocycles. The third-order valence-corrected chi connectivity index (χ3v) is 5.41. The Morgan fingerprint density at radius 2 is 2.00 bits per heavy atom. The minimum atomic E-state index is -0.476. The van der Waals surface area contributed by atoms with E-state index in [1.807, 2.05) is 28.9 Å². The third-order valence-electron chi connectivity index (χ3n) is 4.55. The number of nitrogens with zero attached hydrogens (tertiary/aromatic N) is 2. The van der Waals surface area contributed by atoms with E-state index in [0.717, 1.165) is 10.0 Å². The van der Waals surface area contributed by atoms with Crippen LogP contribution in [0.15, 0.2) is 47.1 Å². The zero-order valence-corrected chi connectivity index (χ0v) is 15.7. The van der Waals surface area contributed by atoms with E-state index in [9.17, 15) is 4.79 Å². The second-order valence-corrected chi connectivity index (χ2v) is 7.26. The molecule has 2 aromatic carbocycles. The van der Waals surface area contributed by atoms with E-state index < -0.39 is 11.5 Å². The Morgan fingerprint density at radius 3 is 2.60 bits per heavy atom. The number of fused-ring (bicyclic) bond motifs is 1. The monoisotopic (exact) mass is 420 g/mol. The molecule has 1 aromatic heterocycles. The van der Waals surface area contributed by atoms with Crippen LogP contribution in [-0.2, 0) is 15.0 Å². The van der Waals surface area contributed by atoms with Gasteiger partial charge in [-0.15, -0.1) is 0 Å². The predicted molar refractivity (Wildman–Crippen MR) is 98.1 cm³/mol. The summed E-state index contributed by atoms with van der Waals surface area (Å²) in [7, 11) is 1.36. The maximum Gasteiger partial charge on any atom is 0.340 e. The van der Waals surface area contributed by atoms with E-state index >= 15 is 0 Å². The largest absolute Gasteiger partial charge is 0.465 e. The lowest BCUT2D eigenvalue weighted by Crippen LogP contribution is -2.53. The molecule has 0 spiro atoms. The minimum Gasteiger partial charge on any atom is -0.465 e. The van der Waals surface area contributed by atoms with Gasteiger partial charge in [-0.05, 0) is 29.8 Å². The molecule has 0 amide bonds. The SMILES string of the molecule is COC(=O)c1ccc(Cl)c2cnn(C3(c4ccc(Br)cc4)COC3)c12. The molecule has 0 saturated carbocycles. The van der Waals surface area contributed by atoms with Gasteiger partial charge in [0.2, 0.25) is 0 Å². The summed E-state index contributed by atoms with van der Waals surface area (Å²) in [6, 6.07) is 11.4. The normalized spacial score (nSPS) is 15.8. The second kappa shape index (κ2) is 6.12. The van der Waals surface area contributed by atoms with Crippen molar-refractivity contribution in [3.05, 3.63) is 63.2 Å². The van der Waals surface area contributed by atoms with Crippen LogP contribution in [0.4, 0.5) is 0 Å². The first-order valence-electron chi connectivity index (χ1n) is 7.66. The lowest BCUT2D eigenvalue weighted by Gasteiger charge is -2.42. The number of esters is 1. The van der Waals surface area contributed by atoms with E-state index in [1.54, 1.807) is 18.3 Å². The van der Waals surface area contributed by atoms with Crippen molar-refractivity contribution in [2.45, 2.75) is 5.54 Å². The average molecular weight is 422 g/mol. The van der Waals surface area contributed by atoms with Crippen molar-refractivity contribution in [2.75, 3.05) is 20.3 Å². The van der Waals surface area contributed by atoms with E-state index in [0.29, 0.717) is 34.7 Å². The smallest absolute Gasteiger partial charge is 0.340 e. The number of hydrogen-bond donors (Lipinski definition) is 0. The van der Waals surface area contributed by atoms with Crippen LogP contribution >= 0.6 is 27.5 Å². The van der Waals surface area contributed by atoms with E-state index in [2.05, 4.69) is 21.0 Å². The molecular formula is C18H14BrClN2O3. The lowest BCUT2D eigenvalue weighted by atomic mass is 9.87. The molecule has 5 nitrogen and oxygen atoms in total. The number of carbonyl (C=O) groups is 1. The van der Waals surface area contributed by atoms with Crippen LogP contribution in [0.5, 0.6) is 0 Å². The van der Waals surface area contributed by atoms with E-state index in [4.69, 9.17) is 21.1 Å².